The lowest BCUT2D eigenvalue weighted by atomic mass is 10.1. The van der Waals surface area contributed by atoms with Gasteiger partial charge < -0.3 is 15.2 Å². The van der Waals surface area contributed by atoms with Gasteiger partial charge in [-0.3, -0.25) is 14.5 Å². The van der Waals surface area contributed by atoms with Crippen LogP contribution in [0.5, 0.6) is 0 Å². The van der Waals surface area contributed by atoms with E-state index in [0.717, 1.165) is 12.8 Å². The third kappa shape index (κ3) is 8.86. The summed E-state index contributed by atoms with van der Waals surface area (Å²) >= 11 is 0. The summed E-state index contributed by atoms with van der Waals surface area (Å²) in [5.41, 5.74) is 1.98. The lowest BCUT2D eigenvalue weighted by molar-refractivity contribution is -0.138. The Bertz CT molecular complexity index is 869. The number of benzene rings is 2. The monoisotopic (exact) mass is 430 g/mol. The number of carboxylic acids is 1. The van der Waals surface area contributed by atoms with Crippen LogP contribution in [0.25, 0.3) is 0 Å². The molecule has 0 saturated carbocycles. The number of nitrogens with zero attached hydrogens (tertiary/aromatic N) is 1. The van der Waals surface area contributed by atoms with Crippen LogP contribution in [0.4, 0.5) is 14.9 Å². The molecule has 2 N–H and O–H groups in total. The lowest BCUT2D eigenvalue weighted by Gasteiger charge is -2.20. The number of unbranched alkanes of at least 4 members (excludes halogenated alkanes) is 2. The molecule has 0 aliphatic rings. The third-order valence-corrected chi connectivity index (χ3v) is 4.49. The van der Waals surface area contributed by atoms with Crippen LogP contribution in [-0.2, 0) is 27.4 Å². The zero-order chi connectivity index (χ0) is 22.6. The summed E-state index contributed by atoms with van der Waals surface area (Å²) in [5.74, 6) is -1.68. The van der Waals surface area contributed by atoms with E-state index in [1.54, 1.807) is 36.4 Å². The van der Waals surface area contributed by atoms with Gasteiger partial charge in [-0.25, -0.2) is 9.18 Å². The van der Waals surface area contributed by atoms with Crippen molar-refractivity contribution < 1.29 is 28.6 Å². The SMILES string of the molecule is CCCCCN(CC(=O)O)C(=O)OCc1ccc(NC(=O)Cc2ccc(F)cc2)cc1. The maximum absolute atomic E-state index is 12.9. The van der Waals surface area contributed by atoms with Gasteiger partial charge in [-0.2, -0.15) is 0 Å². The molecule has 7 nitrogen and oxygen atoms in total. The molecule has 0 aliphatic heterocycles. The summed E-state index contributed by atoms with van der Waals surface area (Å²) in [4.78, 5) is 36.5. The number of carbonyl (C=O) groups excluding carboxylic acids is 2. The quantitative estimate of drug-likeness (QED) is 0.521. The van der Waals surface area contributed by atoms with E-state index in [-0.39, 0.29) is 24.8 Å². The van der Waals surface area contributed by atoms with Crippen LogP contribution in [0.15, 0.2) is 48.5 Å². The topological polar surface area (TPSA) is 95.9 Å². The number of hydrogen-bond acceptors (Lipinski definition) is 4. The number of amides is 2. The van der Waals surface area contributed by atoms with Crippen molar-refractivity contribution >= 4 is 23.7 Å². The van der Waals surface area contributed by atoms with E-state index in [1.807, 2.05) is 6.92 Å². The zero-order valence-electron chi connectivity index (χ0n) is 17.5. The zero-order valence-corrected chi connectivity index (χ0v) is 17.5. The Hall–Kier alpha value is -3.42. The van der Waals surface area contributed by atoms with E-state index in [0.29, 0.717) is 29.8 Å². The molecular weight excluding hydrogens is 403 g/mol. The fourth-order valence-electron chi connectivity index (χ4n) is 2.86. The highest BCUT2D eigenvalue weighted by molar-refractivity contribution is 5.92. The maximum atomic E-state index is 12.9. The van der Waals surface area contributed by atoms with Crippen molar-refractivity contribution in [2.24, 2.45) is 0 Å². The van der Waals surface area contributed by atoms with E-state index in [1.165, 1.54) is 17.0 Å². The lowest BCUT2D eigenvalue weighted by Crippen LogP contribution is -2.36. The van der Waals surface area contributed by atoms with Crippen LogP contribution < -0.4 is 5.32 Å². The highest BCUT2D eigenvalue weighted by Crippen LogP contribution is 2.13. The molecule has 0 unspecified atom stereocenters. The van der Waals surface area contributed by atoms with Crippen molar-refractivity contribution in [3.8, 4) is 0 Å². The van der Waals surface area contributed by atoms with Crippen molar-refractivity contribution in [2.45, 2.75) is 39.2 Å². The van der Waals surface area contributed by atoms with Crippen molar-refractivity contribution in [1.29, 1.82) is 0 Å². The van der Waals surface area contributed by atoms with Gasteiger partial charge in [0.25, 0.3) is 0 Å². The fraction of sp³-hybridized carbons (Fsp3) is 0.348. The molecule has 8 heteroatoms. The molecule has 0 aliphatic carbocycles. The van der Waals surface area contributed by atoms with Crippen molar-refractivity contribution in [1.82, 2.24) is 4.90 Å². The minimum atomic E-state index is -1.09. The number of nitrogens with one attached hydrogen (secondary N) is 1. The highest BCUT2D eigenvalue weighted by atomic mass is 19.1. The second kappa shape index (κ2) is 12.3. The smallest absolute Gasteiger partial charge is 0.410 e. The first-order valence-corrected chi connectivity index (χ1v) is 10.1. The third-order valence-electron chi connectivity index (χ3n) is 4.49. The molecule has 0 bridgehead atoms. The molecule has 0 atom stereocenters. The van der Waals surface area contributed by atoms with Gasteiger partial charge in [0.15, 0.2) is 0 Å². The molecule has 0 saturated heterocycles. The van der Waals surface area contributed by atoms with E-state index < -0.39 is 18.6 Å². The second-order valence-electron chi connectivity index (χ2n) is 7.13. The van der Waals surface area contributed by atoms with E-state index >= 15 is 0 Å². The molecule has 0 aromatic heterocycles. The number of aliphatic carboxylic acids is 1. The van der Waals surface area contributed by atoms with Crippen LogP contribution >= 0.6 is 0 Å². The Labute approximate surface area is 180 Å². The largest absolute Gasteiger partial charge is 0.480 e. The van der Waals surface area contributed by atoms with Gasteiger partial charge in [-0.1, -0.05) is 44.0 Å². The van der Waals surface area contributed by atoms with Gasteiger partial charge in [-0.05, 0) is 41.8 Å². The Morgan fingerprint density at radius 1 is 1.00 bits per heavy atom. The average molecular weight is 430 g/mol. The van der Waals surface area contributed by atoms with Gasteiger partial charge >= 0.3 is 12.1 Å². The number of anilines is 1. The number of halogens is 1. The second-order valence-corrected chi connectivity index (χ2v) is 7.13. The van der Waals surface area contributed by atoms with Gasteiger partial charge in [-0.15, -0.1) is 0 Å². The normalized spacial score (nSPS) is 10.4. The van der Waals surface area contributed by atoms with Crippen molar-refractivity contribution in [3.05, 3.63) is 65.5 Å². The number of carboxylic acid groups (broad SMARTS) is 1. The molecule has 0 spiro atoms. The Balaban J connectivity index is 1.83. The number of rotatable bonds is 11. The van der Waals surface area contributed by atoms with Crippen LogP contribution in [0.2, 0.25) is 0 Å². The summed E-state index contributed by atoms with van der Waals surface area (Å²) < 4.78 is 18.2. The van der Waals surface area contributed by atoms with Gasteiger partial charge in [0.05, 0.1) is 6.42 Å². The molecule has 0 radical (unpaired) electrons. The summed E-state index contributed by atoms with van der Waals surface area (Å²) in [5, 5.41) is 11.7. The molecule has 31 heavy (non-hydrogen) atoms. The summed E-state index contributed by atoms with van der Waals surface area (Å²) in [6.45, 7) is 1.95. The fourth-order valence-corrected chi connectivity index (χ4v) is 2.86. The molecule has 2 rings (SSSR count). The van der Waals surface area contributed by atoms with Crippen LogP contribution in [0.1, 0.15) is 37.3 Å². The van der Waals surface area contributed by atoms with Crippen LogP contribution in [-0.4, -0.2) is 41.1 Å². The molecule has 0 heterocycles. The Morgan fingerprint density at radius 2 is 1.65 bits per heavy atom. The number of hydrogen-bond donors (Lipinski definition) is 2. The summed E-state index contributed by atoms with van der Waals surface area (Å²) in [6, 6.07) is 12.5. The number of ether oxygens (including phenoxy) is 1. The predicted octanol–water partition coefficient (Wildman–Crippen LogP) is 4.22. The first-order chi connectivity index (χ1) is 14.9. The first-order valence-electron chi connectivity index (χ1n) is 10.1. The minimum Gasteiger partial charge on any atom is -0.480 e. The molecule has 166 valence electrons. The molecule has 2 amide bonds. The minimum absolute atomic E-state index is 0.00740. The van der Waals surface area contributed by atoms with E-state index in [4.69, 9.17) is 9.84 Å². The van der Waals surface area contributed by atoms with Crippen molar-refractivity contribution in [3.63, 3.8) is 0 Å². The van der Waals surface area contributed by atoms with Crippen LogP contribution in [0.3, 0.4) is 0 Å². The Kier molecular flexibility index (Phi) is 9.48. The molecule has 2 aromatic carbocycles. The van der Waals surface area contributed by atoms with Gasteiger partial charge in [0.2, 0.25) is 5.91 Å². The summed E-state index contributed by atoms with van der Waals surface area (Å²) in [7, 11) is 0. The first kappa shape index (κ1) is 23.9. The van der Waals surface area contributed by atoms with Crippen molar-refractivity contribution in [2.75, 3.05) is 18.4 Å². The maximum Gasteiger partial charge on any atom is 0.410 e. The van der Waals surface area contributed by atoms with Gasteiger partial charge in [0.1, 0.15) is 19.0 Å². The molecular formula is C23H27FN2O5. The van der Waals surface area contributed by atoms with E-state index in [9.17, 15) is 18.8 Å². The highest BCUT2D eigenvalue weighted by Gasteiger charge is 2.17. The standard InChI is InChI=1S/C23H27FN2O5/c1-2-3-4-13-26(15-22(28)29)23(30)31-16-18-7-11-20(12-8-18)25-21(27)14-17-5-9-19(24)10-6-17/h5-12H,2-4,13-16H2,1H3,(H,25,27)(H,28,29). The summed E-state index contributed by atoms with van der Waals surface area (Å²) in [6.07, 6.45) is 2.03. The van der Waals surface area contributed by atoms with Crippen LogP contribution in [0, 0.1) is 5.82 Å². The molecule has 0 fully saturated rings. The predicted molar refractivity (Wildman–Crippen MR) is 114 cm³/mol. The number of carbonyl (C=O) groups is 3. The Morgan fingerprint density at radius 3 is 2.26 bits per heavy atom. The van der Waals surface area contributed by atoms with Gasteiger partial charge in [0, 0.05) is 12.2 Å². The van der Waals surface area contributed by atoms with E-state index in [2.05, 4.69) is 5.32 Å². The average Bonchev–Trinajstić information content (AvgIpc) is 2.74. The molecule has 2 aromatic rings.